The van der Waals surface area contributed by atoms with Crippen molar-refractivity contribution in [3.63, 3.8) is 0 Å². The van der Waals surface area contributed by atoms with E-state index >= 15 is 0 Å². The standard InChI is InChI=1S/C15H18FNO4S/c1-10(21-12-5-3-2-4-11(12)16)13(18)17-15(14(19)20)6-8-22-9-7-15/h2-5,10H,6-9H2,1H3,(H,17,18)(H,19,20). The van der Waals surface area contributed by atoms with Crippen molar-refractivity contribution in [1.82, 2.24) is 5.32 Å². The highest BCUT2D eigenvalue weighted by molar-refractivity contribution is 7.99. The largest absolute Gasteiger partial charge is 0.480 e. The maximum Gasteiger partial charge on any atom is 0.329 e. The van der Waals surface area contributed by atoms with Crippen LogP contribution in [-0.2, 0) is 9.59 Å². The molecule has 120 valence electrons. The SMILES string of the molecule is CC(Oc1ccccc1F)C(=O)NC1(C(=O)O)CCSCC1. The van der Waals surface area contributed by atoms with Crippen molar-refractivity contribution in [1.29, 1.82) is 0 Å². The van der Waals surface area contributed by atoms with Gasteiger partial charge in [0.2, 0.25) is 0 Å². The molecule has 1 atom stereocenters. The molecule has 0 bridgehead atoms. The average molecular weight is 327 g/mol. The molecule has 1 heterocycles. The number of ether oxygens (including phenoxy) is 1. The fraction of sp³-hybridized carbons (Fsp3) is 0.467. The molecule has 1 aromatic rings. The first-order valence-electron chi connectivity index (χ1n) is 6.99. The first kappa shape index (κ1) is 16.6. The minimum absolute atomic E-state index is 0.0336. The number of aliphatic carboxylic acids is 1. The van der Waals surface area contributed by atoms with Crippen LogP contribution in [0.15, 0.2) is 24.3 Å². The highest BCUT2D eigenvalue weighted by atomic mass is 32.2. The van der Waals surface area contributed by atoms with Gasteiger partial charge in [-0.05, 0) is 43.4 Å². The van der Waals surface area contributed by atoms with Gasteiger partial charge in [0.15, 0.2) is 17.7 Å². The average Bonchev–Trinajstić information content (AvgIpc) is 2.50. The number of benzene rings is 1. The number of para-hydroxylation sites is 1. The quantitative estimate of drug-likeness (QED) is 0.866. The number of carboxylic acid groups (broad SMARTS) is 1. The molecule has 1 aliphatic rings. The van der Waals surface area contributed by atoms with Crippen LogP contribution in [0.2, 0.25) is 0 Å². The molecule has 2 N–H and O–H groups in total. The Hall–Kier alpha value is -1.76. The van der Waals surface area contributed by atoms with Gasteiger partial charge in [-0.3, -0.25) is 4.79 Å². The lowest BCUT2D eigenvalue weighted by Gasteiger charge is -2.34. The fourth-order valence-electron chi connectivity index (χ4n) is 2.23. The zero-order valence-corrected chi connectivity index (χ0v) is 13.0. The number of carboxylic acids is 1. The molecule has 0 aromatic heterocycles. The molecule has 0 aliphatic carbocycles. The fourth-order valence-corrected chi connectivity index (χ4v) is 3.42. The summed E-state index contributed by atoms with van der Waals surface area (Å²) in [6, 6.07) is 5.77. The van der Waals surface area contributed by atoms with Gasteiger partial charge in [-0.1, -0.05) is 12.1 Å². The highest BCUT2D eigenvalue weighted by Crippen LogP contribution is 2.27. The van der Waals surface area contributed by atoms with Gasteiger partial charge in [-0.2, -0.15) is 11.8 Å². The number of carbonyl (C=O) groups is 2. The van der Waals surface area contributed by atoms with E-state index in [1.807, 2.05) is 0 Å². The lowest BCUT2D eigenvalue weighted by molar-refractivity contribution is -0.149. The van der Waals surface area contributed by atoms with Gasteiger partial charge >= 0.3 is 5.97 Å². The first-order chi connectivity index (χ1) is 10.4. The van der Waals surface area contributed by atoms with Gasteiger partial charge in [0.25, 0.3) is 5.91 Å². The van der Waals surface area contributed by atoms with E-state index in [9.17, 15) is 19.1 Å². The summed E-state index contributed by atoms with van der Waals surface area (Å²) in [4.78, 5) is 23.7. The number of rotatable bonds is 5. The van der Waals surface area contributed by atoms with E-state index in [0.29, 0.717) is 24.3 Å². The summed E-state index contributed by atoms with van der Waals surface area (Å²) >= 11 is 1.66. The molecule has 1 saturated heterocycles. The zero-order chi connectivity index (χ0) is 16.2. The number of thioether (sulfide) groups is 1. The lowest BCUT2D eigenvalue weighted by atomic mass is 9.92. The number of amides is 1. The van der Waals surface area contributed by atoms with Gasteiger partial charge in [-0.15, -0.1) is 0 Å². The molecule has 1 fully saturated rings. The summed E-state index contributed by atoms with van der Waals surface area (Å²) in [7, 11) is 0. The van der Waals surface area contributed by atoms with Crippen LogP contribution in [0.5, 0.6) is 5.75 Å². The zero-order valence-electron chi connectivity index (χ0n) is 12.2. The van der Waals surface area contributed by atoms with Crippen molar-refractivity contribution < 1.29 is 23.8 Å². The van der Waals surface area contributed by atoms with Crippen LogP contribution < -0.4 is 10.1 Å². The number of hydrogen-bond donors (Lipinski definition) is 2. The van der Waals surface area contributed by atoms with Crippen molar-refractivity contribution in [2.24, 2.45) is 0 Å². The van der Waals surface area contributed by atoms with Crippen molar-refractivity contribution >= 4 is 23.6 Å². The molecule has 2 rings (SSSR count). The second kappa shape index (κ2) is 7.00. The van der Waals surface area contributed by atoms with E-state index in [4.69, 9.17) is 4.74 Å². The van der Waals surface area contributed by atoms with Crippen molar-refractivity contribution in [3.05, 3.63) is 30.1 Å². The molecule has 22 heavy (non-hydrogen) atoms. The normalized spacial score (nSPS) is 18.3. The molecular formula is C15H18FNO4S. The van der Waals surface area contributed by atoms with Gasteiger partial charge < -0.3 is 15.2 Å². The van der Waals surface area contributed by atoms with Gasteiger partial charge in [0.05, 0.1) is 0 Å². The van der Waals surface area contributed by atoms with E-state index in [2.05, 4.69) is 5.32 Å². The topological polar surface area (TPSA) is 75.6 Å². The minimum atomic E-state index is -1.25. The third-order valence-corrected chi connectivity index (χ3v) is 4.61. The first-order valence-corrected chi connectivity index (χ1v) is 8.14. The Labute approximate surface area is 132 Å². The van der Waals surface area contributed by atoms with Gasteiger partial charge in [-0.25, -0.2) is 9.18 Å². The smallest absolute Gasteiger partial charge is 0.329 e. The summed E-state index contributed by atoms with van der Waals surface area (Å²) in [5, 5.41) is 12.0. The van der Waals surface area contributed by atoms with Crippen LogP contribution >= 0.6 is 11.8 Å². The Morgan fingerprint density at radius 2 is 2.00 bits per heavy atom. The molecule has 5 nitrogen and oxygen atoms in total. The van der Waals surface area contributed by atoms with Crippen molar-refractivity contribution in [3.8, 4) is 5.75 Å². The molecule has 0 radical (unpaired) electrons. The summed E-state index contributed by atoms with van der Waals surface area (Å²) in [6.07, 6.45) is -0.251. The second-order valence-electron chi connectivity index (χ2n) is 5.18. The molecule has 1 aliphatic heterocycles. The van der Waals surface area contributed by atoms with Crippen LogP contribution in [0.25, 0.3) is 0 Å². The number of halogens is 1. The van der Waals surface area contributed by atoms with Crippen LogP contribution in [0.1, 0.15) is 19.8 Å². The Morgan fingerprint density at radius 3 is 2.59 bits per heavy atom. The molecule has 7 heteroatoms. The van der Waals surface area contributed by atoms with Crippen molar-refractivity contribution in [2.75, 3.05) is 11.5 Å². The third kappa shape index (κ3) is 3.71. The Bertz CT molecular complexity index is 560. The number of nitrogens with one attached hydrogen (secondary N) is 1. The second-order valence-corrected chi connectivity index (χ2v) is 6.40. The maximum atomic E-state index is 13.5. The number of hydrogen-bond acceptors (Lipinski definition) is 4. The van der Waals surface area contributed by atoms with E-state index in [0.717, 1.165) is 0 Å². The van der Waals surface area contributed by atoms with Crippen LogP contribution in [0, 0.1) is 5.82 Å². The monoisotopic (exact) mass is 327 g/mol. The molecule has 0 spiro atoms. The molecule has 0 saturated carbocycles. The minimum Gasteiger partial charge on any atom is -0.480 e. The molecule has 1 aromatic carbocycles. The Balaban J connectivity index is 2.04. The van der Waals surface area contributed by atoms with Gasteiger partial charge in [0, 0.05) is 0 Å². The Morgan fingerprint density at radius 1 is 1.36 bits per heavy atom. The van der Waals surface area contributed by atoms with E-state index in [1.165, 1.54) is 25.1 Å². The predicted octanol–water partition coefficient (Wildman–Crippen LogP) is 2.06. The lowest BCUT2D eigenvalue weighted by Crippen LogP contribution is -2.58. The Kier molecular flexibility index (Phi) is 5.28. The summed E-state index contributed by atoms with van der Waals surface area (Å²) in [5.74, 6) is -0.848. The van der Waals surface area contributed by atoms with Crippen LogP contribution in [0.4, 0.5) is 4.39 Å². The van der Waals surface area contributed by atoms with E-state index in [1.54, 1.807) is 17.8 Å². The summed E-state index contributed by atoms with van der Waals surface area (Å²) in [6.45, 7) is 1.47. The predicted molar refractivity (Wildman–Crippen MR) is 81.6 cm³/mol. The van der Waals surface area contributed by atoms with Crippen LogP contribution in [0.3, 0.4) is 0 Å². The maximum absolute atomic E-state index is 13.5. The third-order valence-electron chi connectivity index (χ3n) is 3.63. The molecular weight excluding hydrogens is 309 g/mol. The van der Waals surface area contributed by atoms with Gasteiger partial charge in [0.1, 0.15) is 5.54 Å². The van der Waals surface area contributed by atoms with E-state index in [-0.39, 0.29) is 5.75 Å². The summed E-state index contributed by atoms with van der Waals surface area (Å²) in [5.41, 5.74) is -1.25. The van der Waals surface area contributed by atoms with Crippen molar-refractivity contribution in [2.45, 2.75) is 31.4 Å². The van der Waals surface area contributed by atoms with E-state index < -0.39 is 29.3 Å². The number of carbonyl (C=O) groups excluding carboxylic acids is 1. The summed E-state index contributed by atoms with van der Waals surface area (Å²) < 4.78 is 18.8. The highest BCUT2D eigenvalue weighted by Gasteiger charge is 2.42. The molecule has 1 unspecified atom stereocenters. The van der Waals surface area contributed by atoms with Crippen LogP contribution in [-0.4, -0.2) is 40.1 Å². The molecule has 1 amide bonds.